The van der Waals surface area contributed by atoms with E-state index in [-0.39, 0.29) is 39.9 Å². The molecule has 0 saturated carbocycles. The third-order valence-corrected chi connectivity index (χ3v) is 5.45. The van der Waals surface area contributed by atoms with Crippen molar-refractivity contribution < 1.29 is 39.9 Å². The summed E-state index contributed by atoms with van der Waals surface area (Å²) in [4.78, 5) is 0. The van der Waals surface area contributed by atoms with Crippen LogP contribution in [-0.2, 0) is 0 Å². The number of fused-ring (bicyclic) bond motifs is 2. The van der Waals surface area contributed by atoms with Gasteiger partial charge in [-0.25, -0.2) is 0 Å². The molecule has 0 bridgehead atoms. The first-order valence-electron chi connectivity index (χ1n) is 11.5. The van der Waals surface area contributed by atoms with Gasteiger partial charge in [-0.3, -0.25) is 0 Å². The van der Waals surface area contributed by atoms with Gasteiger partial charge >= 0.3 is 39.9 Å². The van der Waals surface area contributed by atoms with Crippen molar-refractivity contribution in [3.05, 3.63) is 139 Å². The Kier molecular flexibility index (Phi) is 10.6. The van der Waals surface area contributed by atoms with Crippen LogP contribution in [0.1, 0.15) is 0 Å². The second-order valence-electron chi connectivity index (χ2n) is 8.48. The zero-order chi connectivity index (χ0) is 23.8. The molecule has 0 aliphatic carbocycles. The van der Waals surface area contributed by atoms with Crippen LogP contribution in [0.4, 0.5) is 0 Å². The molecule has 0 atom stereocenters. The van der Waals surface area contributed by atoms with E-state index in [0.29, 0.717) is 0 Å². The van der Waals surface area contributed by atoms with Gasteiger partial charge < -0.3 is 5.40 Å². The molecule has 0 aromatic heterocycles. The molecular weight excluding hydrogens is 584 g/mol. The van der Waals surface area contributed by atoms with Crippen LogP contribution in [0.15, 0.2) is 133 Å². The molecule has 0 amide bonds. The van der Waals surface area contributed by atoms with Gasteiger partial charge in [-0.1, -0.05) is 130 Å². The molecule has 3 heteroatoms. The Morgan fingerprint density at radius 2 is 0.829 bits per heavy atom. The first-order valence-corrected chi connectivity index (χ1v) is 14.0. The van der Waals surface area contributed by atoms with Crippen LogP contribution < -0.4 is 0 Å². The van der Waals surface area contributed by atoms with E-state index in [9.17, 15) is 0 Å². The molecule has 6 rings (SSSR count). The molecule has 0 saturated heterocycles. The van der Waals surface area contributed by atoms with Crippen molar-refractivity contribution in [2.45, 2.75) is 13.1 Å². The molecule has 1 N–H and O–H groups in total. The van der Waals surface area contributed by atoms with E-state index in [0.717, 1.165) is 0 Å². The zero-order valence-electron chi connectivity index (χ0n) is 20.1. The van der Waals surface area contributed by atoms with Crippen molar-refractivity contribution in [2.75, 3.05) is 0 Å². The van der Waals surface area contributed by atoms with Crippen molar-refractivity contribution in [1.29, 1.82) is 0 Å². The maximum absolute atomic E-state index is 6.69. The molecule has 1 nitrogen and oxygen atoms in total. The Morgan fingerprint density at radius 3 is 1.17 bits per heavy atom. The molecule has 174 valence electrons. The summed E-state index contributed by atoms with van der Waals surface area (Å²) in [6, 6.07) is 46.9. The normalized spacial score (nSPS) is 10.2. The van der Waals surface area contributed by atoms with Crippen LogP contribution in [-0.4, -0.2) is 8.96 Å². The monoisotopic (exact) mass is 613 g/mol. The molecule has 0 fully saturated rings. The predicted octanol–water partition coefficient (Wildman–Crippen LogP) is 9.74. The molecule has 0 unspecified atom stereocenters. The second kappa shape index (κ2) is 13.6. The summed E-state index contributed by atoms with van der Waals surface area (Å²) in [6.45, 7) is 3.87. The Balaban J connectivity index is 0.000000166. The van der Waals surface area contributed by atoms with Crippen LogP contribution >= 0.6 is 0 Å². The second-order valence-corrected chi connectivity index (χ2v) is 10.5. The fourth-order valence-corrected chi connectivity index (χ4v) is 3.90. The van der Waals surface area contributed by atoms with Crippen LogP contribution in [0.3, 0.4) is 0 Å². The van der Waals surface area contributed by atoms with Gasteiger partial charge in [0.05, 0.1) is 0 Å². The van der Waals surface area contributed by atoms with Crippen molar-refractivity contribution in [1.82, 2.24) is 0 Å². The molecule has 0 spiro atoms. The third-order valence-electron chi connectivity index (χ3n) is 5.45. The minimum absolute atomic E-state index is 0. The van der Waals surface area contributed by atoms with Gasteiger partial charge in [0.2, 0.25) is 0 Å². The SMILES string of the molecule is C[Si](C)[NH-].[Gd+3].c1ccc(-c2cc3ccccc3[cH-]2)cc1.c1ccc(-c2cc3ccccc3[cH-]2)cc1. The minimum atomic E-state index is -0.630. The zero-order valence-corrected chi connectivity index (χ0v) is 23.3. The summed E-state index contributed by atoms with van der Waals surface area (Å²) in [5, 5.41) is 11.9. The van der Waals surface area contributed by atoms with Crippen LogP contribution in [0, 0.1) is 39.9 Å². The molecule has 6 aromatic rings. The quantitative estimate of drug-likeness (QED) is 0.137. The summed E-state index contributed by atoms with van der Waals surface area (Å²) in [6.07, 6.45) is 0. The first-order chi connectivity index (χ1) is 16.6. The average molecular weight is 613 g/mol. The van der Waals surface area contributed by atoms with Gasteiger partial charge in [-0.05, 0) is 0 Å². The maximum atomic E-state index is 6.69. The Morgan fingerprint density at radius 1 is 0.514 bits per heavy atom. The predicted molar refractivity (Wildman–Crippen MR) is 152 cm³/mol. The number of rotatable bonds is 2. The molecular formula is C32H29GdNSi. The van der Waals surface area contributed by atoms with Gasteiger partial charge in [0.15, 0.2) is 0 Å². The number of nitrogens with one attached hydrogen (secondary N) is 1. The van der Waals surface area contributed by atoms with Gasteiger partial charge in [-0.15, -0.1) is 69.1 Å². The Labute approximate surface area is 242 Å². The van der Waals surface area contributed by atoms with Gasteiger partial charge in [0, 0.05) is 0 Å². The van der Waals surface area contributed by atoms with E-state index in [4.69, 9.17) is 5.40 Å². The fraction of sp³-hybridized carbons (Fsp3) is 0.0625. The first kappa shape index (κ1) is 27.2. The Bertz CT molecular complexity index is 1250. The maximum Gasteiger partial charge on any atom is 3.00 e. The van der Waals surface area contributed by atoms with Gasteiger partial charge in [-0.2, -0.15) is 0 Å². The summed E-state index contributed by atoms with van der Waals surface area (Å²) < 4.78 is 0. The molecule has 2 radical (unpaired) electrons. The summed E-state index contributed by atoms with van der Waals surface area (Å²) in [5.41, 5.74) is 5.18. The van der Waals surface area contributed by atoms with E-state index < -0.39 is 8.96 Å². The Hall–Kier alpha value is -2.40. The molecule has 0 aliphatic heterocycles. The van der Waals surface area contributed by atoms with Gasteiger partial charge in [0.25, 0.3) is 0 Å². The van der Waals surface area contributed by atoms with E-state index >= 15 is 0 Å². The standard InChI is InChI=1S/2C15H11.C2H7NSi.Gd/c2*1-2-6-12(7-3-1)15-10-13-8-4-5-9-14(13)11-15;1-4(2)3;/h2*1-11H;3H,1-2H3;/q3*-1;+3. The average Bonchev–Trinajstić information content (AvgIpc) is 3.50. The number of benzene rings is 4. The van der Waals surface area contributed by atoms with Gasteiger partial charge in [0.1, 0.15) is 0 Å². The summed E-state index contributed by atoms with van der Waals surface area (Å²) >= 11 is 0. The van der Waals surface area contributed by atoms with Crippen LogP contribution in [0.25, 0.3) is 49.2 Å². The van der Waals surface area contributed by atoms with Crippen molar-refractivity contribution in [2.24, 2.45) is 0 Å². The molecule has 6 aromatic carbocycles. The number of hydrogen-bond acceptors (Lipinski definition) is 0. The molecule has 35 heavy (non-hydrogen) atoms. The van der Waals surface area contributed by atoms with E-state index in [1.807, 2.05) is 25.2 Å². The van der Waals surface area contributed by atoms with Crippen molar-refractivity contribution in [3.63, 3.8) is 0 Å². The topological polar surface area (TPSA) is 23.8 Å². The van der Waals surface area contributed by atoms with E-state index in [1.165, 1.54) is 43.8 Å². The number of hydrogen-bond donors (Lipinski definition) is 0. The van der Waals surface area contributed by atoms with E-state index in [2.05, 4.69) is 121 Å². The summed E-state index contributed by atoms with van der Waals surface area (Å²) in [5.74, 6) is 0. The molecule has 0 heterocycles. The smallest absolute Gasteiger partial charge is 0.683 e. The summed E-state index contributed by atoms with van der Waals surface area (Å²) in [7, 11) is -0.630. The van der Waals surface area contributed by atoms with E-state index in [1.54, 1.807) is 0 Å². The van der Waals surface area contributed by atoms with Crippen LogP contribution in [0.5, 0.6) is 0 Å². The fourth-order valence-electron chi connectivity index (χ4n) is 3.90. The van der Waals surface area contributed by atoms with Crippen LogP contribution in [0.2, 0.25) is 13.1 Å². The van der Waals surface area contributed by atoms with Crippen molar-refractivity contribution >= 4 is 30.5 Å². The molecule has 0 aliphatic rings. The third kappa shape index (κ3) is 7.80. The largest absolute Gasteiger partial charge is 3.00 e. The minimum Gasteiger partial charge on any atom is -0.683 e. The van der Waals surface area contributed by atoms with Crippen molar-refractivity contribution in [3.8, 4) is 22.3 Å².